The SMILES string of the molecule is [N-]=[N+]=NCC(CCN)Oc1nc2c(c(N3CCN(C(=O)OCc4ccccc4)CC3CC(=O)O)n1)CCN(c1cccc3cccc(Cl)c13)C2. The number of anilines is 2. The minimum absolute atomic E-state index is 0.0372. The summed E-state index contributed by atoms with van der Waals surface area (Å²) in [5.74, 6) is -0.449. The van der Waals surface area contributed by atoms with E-state index in [0.717, 1.165) is 33.3 Å². The van der Waals surface area contributed by atoms with Crippen molar-refractivity contribution in [1.82, 2.24) is 14.9 Å². The number of nitrogens with two attached hydrogens (primary N) is 1. The summed E-state index contributed by atoms with van der Waals surface area (Å²) in [5, 5.41) is 16.2. The lowest BCUT2D eigenvalue weighted by Gasteiger charge is -2.42. The van der Waals surface area contributed by atoms with Gasteiger partial charge in [-0.05, 0) is 48.0 Å². The highest BCUT2D eigenvalue weighted by molar-refractivity contribution is 6.36. The molecule has 1 fully saturated rings. The minimum Gasteiger partial charge on any atom is -0.481 e. The number of halogens is 1. The fourth-order valence-electron chi connectivity index (χ4n) is 6.56. The van der Waals surface area contributed by atoms with Crippen LogP contribution in [0.5, 0.6) is 6.01 Å². The maximum absolute atomic E-state index is 13.1. The van der Waals surface area contributed by atoms with E-state index in [9.17, 15) is 14.7 Å². The highest BCUT2D eigenvalue weighted by atomic mass is 35.5. The number of carbonyl (C=O) groups excluding carboxylic acids is 1. The number of nitrogens with zero attached hydrogens (tertiary/aromatic N) is 8. The number of aromatic nitrogens is 2. The Labute approximate surface area is 294 Å². The van der Waals surface area contributed by atoms with E-state index in [2.05, 4.69) is 14.9 Å². The molecule has 15 heteroatoms. The normalized spacial score (nSPS) is 16.4. The van der Waals surface area contributed by atoms with E-state index in [1.807, 2.05) is 71.6 Å². The number of carboxylic acids is 1. The molecule has 6 rings (SSSR count). The van der Waals surface area contributed by atoms with Crippen LogP contribution >= 0.6 is 11.6 Å². The number of hydrogen-bond donors (Lipinski definition) is 2. The van der Waals surface area contributed by atoms with Crippen molar-refractivity contribution in [2.45, 2.75) is 44.6 Å². The number of carbonyl (C=O) groups is 2. The molecule has 260 valence electrons. The molecule has 4 aromatic rings. The first-order valence-corrected chi connectivity index (χ1v) is 16.9. The van der Waals surface area contributed by atoms with Gasteiger partial charge >= 0.3 is 18.1 Å². The number of azide groups is 1. The molecule has 2 aliphatic rings. The number of ether oxygens (including phenoxy) is 2. The lowest BCUT2D eigenvalue weighted by molar-refractivity contribution is -0.137. The van der Waals surface area contributed by atoms with Crippen LogP contribution in [0.2, 0.25) is 5.02 Å². The molecule has 50 heavy (non-hydrogen) atoms. The van der Waals surface area contributed by atoms with Gasteiger partial charge in [0.15, 0.2) is 0 Å². The first-order valence-electron chi connectivity index (χ1n) is 16.5. The Kier molecular flexibility index (Phi) is 11.0. The van der Waals surface area contributed by atoms with Crippen LogP contribution in [0.15, 0.2) is 71.8 Å². The molecule has 3 heterocycles. The summed E-state index contributed by atoms with van der Waals surface area (Å²) < 4.78 is 11.8. The highest BCUT2D eigenvalue weighted by Gasteiger charge is 2.36. The number of hydrogen-bond acceptors (Lipinski definition) is 10. The zero-order valence-electron chi connectivity index (χ0n) is 27.4. The Hall–Kier alpha value is -5.30. The highest BCUT2D eigenvalue weighted by Crippen LogP contribution is 2.38. The molecular formula is C35H38ClN9O5. The monoisotopic (exact) mass is 699 g/mol. The van der Waals surface area contributed by atoms with Crippen LogP contribution in [0.25, 0.3) is 21.2 Å². The van der Waals surface area contributed by atoms with E-state index in [1.165, 1.54) is 0 Å². The predicted octanol–water partition coefficient (Wildman–Crippen LogP) is 5.55. The van der Waals surface area contributed by atoms with Gasteiger partial charge in [-0.3, -0.25) is 4.79 Å². The van der Waals surface area contributed by atoms with Crippen molar-refractivity contribution in [2.75, 3.05) is 49.1 Å². The van der Waals surface area contributed by atoms with Crippen LogP contribution < -0.4 is 20.3 Å². The van der Waals surface area contributed by atoms with E-state index in [-0.39, 0.29) is 32.1 Å². The molecule has 2 unspecified atom stereocenters. The molecule has 0 bridgehead atoms. The fourth-order valence-corrected chi connectivity index (χ4v) is 6.84. The first-order chi connectivity index (χ1) is 24.3. The maximum atomic E-state index is 13.1. The first kappa shape index (κ1) is 34.6. The third-order valence-electron chi connectivity index (χ3n) is 8.93. The van der Waals surface area contributed by atoms with Gasteiger partial charge in [-0.1, -0.05) is 71.3 Å². The second kappa shape index (κ2) is 15.9. The zero-order valence-corrected chi connectivity index (χ0v) is 28.2. The van der Waals surface area contributed by atoms with Gasteiger partial charge in [0.2, 0.25) is 0 Å². The molecule has 1 aromatic heterocycles. The van der Waals surface area contributed by atoms with Gasteiger partial charge in [-0.25, -0.2) is 4.79 Å². The number of fused-ring (bicyclic) bond motifs is 2. The van der Waals surface area contributed by atoms with Crippen molar-refractivity contribution < 1.29 is 24.2 Å². The van der Waals surface area contributed by atoms with E-state index >= 15 is 0 Å². The van der Waals surface area contributed by atoms with E-state index in [1.54, 1.807) is 4.90 Å². The van der Waals surface area contributed by atoms with Crippen molar-refractivity contribution in [1.29, 1.82) is 0 Å². The fraction of sp³-hybridized carbons (Fsp3) is 0.371. The number of amides is 1. The molecule has 2 atom stereocenters. The summed E-state index contributed by atoms with van der Waals surface area (Å²) in [5.41, 5.74) is 18.2. The van der Waals surface area contributed by atoms with Gasteiger partial charge in [0.1, 0.15) is 18.5 Å². The molecule has 3 aromatic carbocycles. The van der Waals surface area contributed by atoms with Crippen LogP contribution in [0.3, 0.4) is 0 Å². The van der Waals surface area contributed by atoms with Gasteiger partial charge in [-0.2, -0.15) is 9.97 Å². The summed E-state index contributed by atoms with van der Waals surface area (Å²) in [7, 11) is 0. The Morgan fingerprint density at radius 2 is 1.88 bits per heavy atom. The second-order valence-corrected chi connectivity index (χ2v) is 12.6. The van der Waals surface area contributed by atoms with Gasteiger partial charge in [0.25, 0.3) is 0 Å². The topological polar surface area (TPSA) is 183 Å². The van der Waals surface area contributed by atoms with Crippen LogP contribution in [0.4, 0.5) is 16.3 Å². The summed E-state index contributed by atoms with van der Waals surface area (Å²) >= 11 is 6.70. The smallest absolute Gasteiger partial charge is 0.410 e. The standard InChI is InChI=1S/C35H38ClN9O5/c36-28-10-4-8-24-9-5-11-30(32(24)28)43-15-13-27-29(21-43)40-34(50-26(12-14-37)19-39-42-38)41-33(27)45-17-16-44(20-25(45)18-31(46)47)35(48)49-22-23-6-2-1-3-7-23/h1-11,25-26H,12-22,37H2,(H,46,47). The van der Waals surface area contributed by atoms with Crippen LogP contribution in [0, 0.1) is 0 Å². The largest absolute Gasteiger partial charge is 0.481 e. The number of rotatable bonds is 12. The van der Waals surface area contributed by atoms with Gasteiger partial charge < -0.3 is 35.0 Å². The summed E-state index contributed by atoms with van der Waals surface area (Å²) in [6, 6.07) is 20.7. The molecule has 3 N–H and O–H groups in total. The molecule has 1 amide bonds. The quantitative estimate of drug-likeness (QED) is 0.108. The molecule has 0 aliphatic carbocycles. The molecule has 1 saturated heterocycles. The van der Waals surface area contributed by atoms with E-state index in [4.69, 9.17) is 42.3 Å². The number of benzene rings is 3. The predicted molar refractivity (Wildman–Crippen MR) is 189 cm³/mol. The van der Waals surface area contributed by atoms with Gasteiger partial charge in [-0.15, -0.1) is 0 Å². The van der Waals surface area contributed by atoms with Crippen molar-refractivity contribution in [3.05, 3.63) is 99.0 Å². The van der Waals surface area contributed by atoms with Crippen molar-refractivity contribution in [3.63, 3.8) is 0 Å². The third-order valence-corrected chi connectivity index (χ3v) is 9.25. The Morgan fingerprint density at radius 3 is 2.64 bits per heavy atom. The Balaban J connectivity index is 1.33. The van der Waals surface area contributed by atoms with Gasteiger partial charge in [0.05, 0.1) is 36.3 Å². The number of aliphatic carboxylic acids is 1. The summed E-state index contributed by atoms with van der Waals surface area (Å²) in [6.07, 6.45) is -0.337. The Bertz CT molecular complexity index is 1890. The van der Waals surface area contributed by atoms with Crippen LogP contribution in [-0.2, 0) is 29.1 Å². The minimum atomic E-state index is -1.00. The average Bonchev–Trinajstić information content (AvgIpc) is 3.12. The lowest BCUT2D eigenvalue weighted by atomic mass is 10.0. The van der Waals surface area contributed by atoms with Crippen molar-refractivity contribution in [3.8, 4) is 6.01 Å². The zero-order chi connectivity index (χ0) is 35.0. The molecule has 2 aliphatic heterocycles. The van der Waals surface area contributed by atoms with Gasteiger partial charge in [0, 0.05) is 47.7 Å². The number of piperazine rings is 1. The second-order valence-electron chi connectivity index (χ2n) is 12.2. The number of carboxylic acid groups (broad SMARTS) is 1. The average molecular weight is 700 g/mol. The summed E-state index contributed by atoms with van der Waals surface area (Å²) in [6.45, 7) is 2.23. The maximum Gasteiger partial charge on any atom is 0.410 e. The summed E-state index contributed by atoms with van der Waals surface area (Å²) in [4.78, 5) is 43.5. The van der Waals surface area contributed by atoms with Crippen molar-refractivity contribution in [2.24, 2.45) is 10.8 Å². The molecule has 0 radical (unpaired) electrons. The lowest BCUT2D eigenvalue weighted by Crippen LogP contribution is -2.56. The van der Waals surface area contributed by atoms with Crippen molar-refractivity contribution >= 4 is 45.9 Å². The van der Waals surface area contributed by atoms with Crippen LogP contribution in [0.1, 0.15) is 29.7 Å². The van der Waals surface area contributed by atoms with Crippen LogP contribution in [-0.4, -0.2) is 83.5 Å². The van der Waals surface area contributed by atoms with E-state index in [0.29, 0.717) is 56.4 Å². The van der Waals surface area contributed by atoms with E-state index < -0.39 is 24.2 Å². The Morgan fingerprint density at radius 1 is 1.08 bits per heavy atom. The molecular weight excluding hydrogens is 662 g/mol. The molecule has 0 spiro atoms. The molecule has 0 saturated carbocycles. The third kappa shape index (κ3) is 7.94. The molecule has 14 nitrogen and oxygen atoms in total.